The Labute approximate surface area is 75.9 Å². The van der Waals surface area contributed by atoms with Crippen molar-refractivity contribution in [2.24, 2.45) is 5.73 Å². The lowest BCUT2D eigenvalue weighted by Crippen LogP contribution is -2.43. The van der Waals surface area contributed by atoms with E-state index in [2.05, 4.69) is 32.8 Å². The van der Waals surface area contributed by atoms with Crippen LogP contribution in [0.5, 0.6) is 0 Å². The number of ether oxygens (including phenoxy) is 1. The zero-order valence-corrected chi connectivity index (χ0v) is 8.92. The van der Waals surface area contributed by atoms with E-state index >= 15 is 0 Å². The van der Waals surface area contributed by atoms with Gasteiger partial charge in [0.05, 0.1) is 12.7 Å². The lowest BCUT2D eigenvalue weighted by molar-refractivity contribution is 0.000175. The second kappa shape index (κ2) is 4.80. The molecule has 0 fully saturated rings. The van der Waals surface area contributed by atoms with Crippen LogP contribution in [0.3, 0.4) is 0 Å². The molecule has 0 aromatic rings. The monoisotopic (exact) mass is 174 g/mol. The Hall–Kier alpha value is -0.120. The fraction of sp³-hybridized carbons (Fsp3) is 1.00. The summed E-state index contributed by atoms with van der Waals surface area (Å²) >= 11 is 0. The summed E-state index contributed by atoms with van der Waals surface area (Å²) in [4.78, 5) is 2.15. The topological polar surface area (TPSA) is 38.5 Å². The maximum absolute atomic E-state index is 5.55. The first-order chi connectivity index (χ1) is 5.40. The molecule has 2 N–H and O–H groups in total. The predicted octanol–water partition coefficient (Wildman–Crippen LogP) is 0.690. The van der Waals surface area contributed by atoms with Gasteiger partial charge in [-0.15, -0.1) is 0 Å². The van der Waals surface area contributed by atoms with E-state index < -0.39 is 0 Å². The maximum atomic E-state index is 5.55. The van der Waals surface area contributed by atoms with Gasteiger partial charge in [0, 0.05) is 12.1 Å². The zero-order valence-electron chi connectivity index (χ0n) is 8.92. The van der Waals surface area contributed by atoms with Crippen molar-refractivity contribution in [1.82, 2.24) is 4.90 Å². The molecule has 1 atom stereocenters. The summed E-state index contributed by atoms with van der Waals surface area (Å²) in [6.45, 7) is 7.60. The van der Waals surface area contributed by atoms with Gasteiger partial charge in [-0.1, -0.05) is 0 Å². The normalized spacial score (nSPS) is 15.2. The molecule has 3 heteroatoms. The number of hydrogen-bond donors (Lipinski definition) is 1. The van der Waals surface area contributed by atoms with Gasteiger partial charge in [-0.2, -0.15) is 0 Å². The van der Waals surface area contributed by atoms with Crippen molar-refractivity contribution in [3.63, 3.8) is 0 Å². The molecule has 0 aromatic heterocycles. The van der Waals surface area contributed by atoms with E-state index in [-0.39, 0.29) is 11.6 Å². The number of rotatable bonds is 5. The van der Waals surface area contributed by atoms with Crippen LogP contribution in [0.2, 0.25) is 0 Å². The van der Waals surface area contributed by atoms with E-state index in [1.165, 1.54) is 0 Å². The molecule has 74 valence electrons. The van der Waals surface area contributed by atoms with Crippen LogP contribution < -0.4 is 5.73 Å². The van der Waals surface area contributed by atoms with Crippen molar-refractivity contribution in [1.29, 1.82) is 0 Å². The van der Waals surface area contributed by atoms with Crippen molar-refractivity contribution in [3.05, 3.63) is 0 Å². The lowest BCUT2D eigenvalue weighted by atomic mass is 10.1. The van der Waals surface area contributed by atoms with Crippen LogP contribution in [-0.2, 0) is 4.74 Å². The van der Waals surface area contributed by atoms with Gasteiger partial charge in [0.25, 0.3) is 0 Å². The van der Waals surface area contributed by atoms with Gasteiger partial charge in [-0.05, 0) is 34.9 Å². The van der Waals surface area contributed by atoms with Gasteiger partial charge >= 0.3 is 0 Å². The van der Waals surface area contributed by atoms with Gasteiger partial charge in [0.1, 0.15) is 0 Å². The molecule has 0 heterocycles. The second-order valence-corrected chi connectivity index (χ2v) is 4.06. The standard InChI is InChI=1S/C9H22N2O/c1-8(6-10)12-7-9(2,3)11(4)5/h8H,6-7,10H2,1-5H3. The van der Waals surface area contributed by atoms with Gasteiger partial charge in [0.15, 0.2) is 0 Å². The fourth-order valence-electron chi connectivity index (χ4n) is 0.543. The van der Waals surface area contributed by atoms with Crippen molar-refractivity contribution in [3.8, 4) is 0 Å². The zero-order chi connectivity index (χ0) is 9.78. The average Bonchev–Trinajstić information content (AvgIpc) is 2.00. The van der Waals surface area contributed by atoms with E-state index in [9.17, 15) is 0 Å². The molecule has 0 amide bonds. The third kappa shape index (κ3) is 4.04. The highest BCUT2D eigenvalue weighted by molar-refractivity contribution is 4.76. The molecule has 12 heavy (non-hydrogen) atoms. The minimum Gasteiger partial charge on any atom is -0.375 e. The summed E-state index contributed by atoms with van der Waals surface area (Å²) < 4.78 is 5.55. The first-order valence-corrected chi connectivity index (χ1v) is 4.39. The molecular weight excluding hydrogens is 152 g/mol. The summed E-state index contributed by atoms with van der Waals surface area (Å²) in [7, 11) is 4.10. The molecule has 1 unspecified atom stereocenters. The summed E-state index contributed by atoms with van der Waals surface area (Å²) in [5.74, 6) is 0. The van der Waals surface area contributed by atoms with Gasteiger partial charge in [0.2, 0.25) is 0 Å². The molecule has 3 nitrogen and oxygen atoms in total. The highest BCUT2D eigenvalue weighted by Gasteiger charge is 2.21. The van der Waals surface area contributed by atoms with Crippen molar-refractivity contribution in [2.75, 3.05) is 27.2 Å². The Balaban J connectivity index is 3.75. The molecule has 0 aliphatic rings. The smallest absolute Gasteiger partial charge is 0.0670 e. The number of likely N-dealkylation sites (N-methyl/N-ethyl adjacent to an activating group) is 1. The van der Waals surface area contributed by atoms with Crippen LogP contribution in [0, 0.1) is 0 Å². The molecule has 0 aliphatic heterocycles. The molecule has 0 rings (SSSR count). The van der Waals surface area contributed by atoms with Crippen LogP contribution in [0.15, 0.2) is 0 Å². The summed E-state index contributed by atoms with van der Waals surface area (Å²) in [6, 6.07) is 0. The third-order valence-electron chi connectivity index (χ3n) is 2.26. The Morgan fingerprint density at radius 1 is 1.42 bits per heavy atom. The van der Waals surface area contributed by atoms with Crippen molar-refractivity contribution < 1.29 is 4.74 Å². The molecule has 0 aliphatic carbocycles. The SMILES string of the molecule is CC(CN)OCC(C)(C)N(C)C. The fourth-order valence-corrected chi connectivity index (χ4v) is 0.543. The lowest BCUT2D eigenvalue weighted by Gasteiger charge is -2.33. The largest absolute Gasteiger partial charge is 0.375 e. The molecule has 0 bridgehead atoms. The quantitative estimate of drug-likeness (QED) is 0.666. The molecule has 0 saturated carbocycles. The van der Waals surface area contributed by atoms with Crippen LogP contribution in [-0.4, -0.2) is 43.8 Å². The summed E-state index contributed by atoms with van der Waals surface area (Å²) in [5.41, 5.74) is 5.53. The Kier molecular flexibility index (Phi) is 4.75. The predicted molar refractivity (Wildman–Crippen MR) is 52.2 cm³/mol. The Morgan fingerprint density at radius 2 is 1.92 bits per heavy atom. The van der Waals surface area contributed by atoms with Gasteiger partial charge in [-0.25, -0.2) is 0 Å². The summed E-state index contributed by atoms with van der Waals surface area (Å²) in [5, 5.41) is 0. The highest BCUT2D eigenvalue weighted by Crippen LogP contribution is 2.10. The third-order valence-corrected chi connectivity index (χ3v) is 2.26. The maximum Gasteiger partial charge on any atom is 0.0670 e. The van der Waals surface area contributed by atoms with Gasteiger partial charge in [-0.3, -0.25) is 0 Å². The van der Waals surface area contributed by atoms with E-state index in [4.69, 9.17) is 10.5 Å². The van der Waals surface area contributed by atoms with Crippen LogP contribution in [0.4, 0.5) is 0 Å². The molecule has 0 aromatic carbocycles. The Bertz CT molecular complexity index is 124. The molecule has 0 spiro atoms. The summed E-state index contributed by atoms with van der Waals surface area (Å²) in [6.07, 6.45) is 0.157. The van der Waals surface area contributed by atoms with E-state index in [0.717, 1.165) is 6.61 Å². The second-order valence-electron chi connectivity index (χ2n) is 4.06. The number of nitrogens with zero attached hydrogens (tertiary/aromatic N) is 1. The molecular formula is C9H22N2O. The first-order valence-electron chi connectivity index (χ1n) is 4.39. The minimum absolute atomic E-state index is 0.0867. The first kappa shape index (κ1) is 11.9. The van der Waals surface area contributed by atoms with Crippen LogP contribution in [0.25, 0.3) is 0 Å². The van der Waals surface area contributed by atoms with Crippen molar-refractivity contribution in [2.45, 2.75) is 32.4 Å². The van der Waals surface area contributed by atoms with E-state index in [1.807, 2.05) is 6.92 Å². The van der Waals surface area contributed by atoms with Crippen LogP contribution >= 0.6 is 0 Å². The van der Waals surface area contributed by atoms with Crippen LogP contribution in [0.1, 0.15) is 20.8 Å². The molecule has 0 saturated heterocycles. The highest BCUT2D eigenvalue weighted by atomic mass is 16.5. The van der Waals surface area contributed by atoms with E-state index in [0.29, 0.717) is 6.54 Å². The van der Waals surface area contributed by atoms with Crippen molar-refractivity contribution >= 4 is 0 Å². The minimum atomic E-state index is 0.0867. The average molecular weight is 174 g/mol. The molecule has 0 radical (unpaired) electrons. The Morgan fingerprint density at radius 3 is 2.25 bits per heavy atom. The number of hydrogen-bond acceptors (Lipinski definition) is 3. The van der Waals surface area contributed by atoms with E-state index in [1.54, 1.807) is 0 Å². The van der Waals surface area contributed by atoms with Gasteiger partial charge < -0.3 is 15.4 Å². The number of nitrogens with two attached hydrogens (primary N) is 1.